The van der Waals surface area contributed by atoms with Gasteiger partial charge in [0.15, 0.2) is 0 Å². The molecule has 0 spiro atoms. The fourth-order valence-electron chi connectivity index (χ4n) is 2.79. The summed E-state index contributed by atoms with van der Waals surface area (Å²) >= 11 is 0. The molecular weight excluding hydrogens is 220 g/mol. The molecule has 18 heavy (non-hydrogen) atoms. The summed E-state index contributed by atoms with van der Waals surface area (Å²) < 4.78 is 0. The Labute approximate surface area is 111 Å². The summed E-state index contributed by atoms with van der Waals surface area (Å²) in [6.45, 7) is 10.2. The quantitative estimate of drug-likeness (QED) is 0.825. The molecule has 0 aromatic heterocycles. The van der Waals surface area contributed by atoms with E-state index in [-0.39, 0.29) is 0 Å². The van der Waals surface area contributed by atoms with Crippen LogP contribution in [0.3, 0.4) is 0 Å². The second-order valence-corrected chi connectivity index (χ2v) is 5.43. The van der Waals surface area contributed by atoms with Gasteiger partial charge in [0, 0.05) is 24.8 Å². The average Bonchev–Trinajstić information content (AvgIpc) is 2.34. The molecule has 0 amide bonds. The highest BCUT2D eigenvalue weighted by atomic mass is 15.2. The lowest BCUT2D eigenvalue weighted by atomic mass is 9.94. The largest absolute Gasteiger partial charge is 0.371 e. The third kappa shape index (κ3) is 3.05. The third-order valence-electron chi connectivity index (χ3n) is 3.90. The van der Waals surface area contributed by atoms with Crippen molar-refractivity contribution in [3.05, 3.63) is 29.8 Å². The van der Waals surface area contributed by atoms with Crippen molar-refractivity contribution in [2.45, 2.75) is 39.7 Å². The summed E-state index contributed by atoms with van der Waals surface area (Å²) in [5.74, 6) is 0.921. The van der Waals surface area contributed by atoms with Crippen LogP contribution in [0.25, 0.3) is 0 Å². The van der Waals surface area contributed by atoms with Crippen molar-refractivity contribution in [2.75, 3.05) is 24.5 Å². The molecule has 2 heteroatoms. The number of rotatable bonds is 6. The molecule has 1 N–H and O–H groups in total. The molecule has 1 aliphatic rings. The highest BCUT2D eigenvalue weighted by molar-refractivity contribution is 5.51. The van der Waals surface area contributed by atoms with Crippen molar-refractivity contribution >= 4 is 5.69 Å². The van der Waals surface area contributed by atoms with E-state index in [1.807, 2.05) is 0 Å². The van der Waals surface area contributed by atoms with E-state index in [1.54, 1.807) is 0 Å². The maximum absolute atomic E-state index is 3.47. The van der Waals surface area contributed by atoms with Crippen molar-refractivity contribution in [3.8, 4) is 0 Å². The smallest absolute Gasteiger partial charge is 0.0369 e. The van der Waals surface area contributed by atoms with Crippen molar-refractivity contribution in [3.63, 3.8) is 0 Å². The van der Waals surface area contributed by atoms with Gasteiger partial charge in [0.25, 0.3) is 0 Å². The Balaban J connectivity index is 1.96. The normalized spacial score (nSPS) is 17.6. The number of nitrogens with one attached hydrogen (secondary N) is 1. The first-order chi connectivity index (χ1) is 8.74. The van der Waals surface area contributed by atoms with E-state index in [1.165, 1.54) is 37.2 Å². The summed E-state index contributed by atoms with van der Waals surface area (Å²) in [6, 6.07) is 9.44. The van der Waals surface area contributed by atoms with Gasteiger partial charge in [0.05, 0.1) is 0 Å². The Morgan fingerprint density at radius 1 is 1.33 bits per heavy atom. The maximum Gasteiger partial charge on any atom is 0.0369 e. The fraction of sp³-hybridized carbons (Fsp3) is 0.625. The Morgan fingerprint density at radius 2 is 2.11 bits per heavy atom. The molecule has 100 valence electrons. The van der Waals surface area contributed by atoms with E-state index in [4.69, 9.17) is 0 Å². The molecule has 2 rings (SSSR count). The van der Waals surface area contributed by atoms with Crippen molar-refractivity contribution < 1.29 is 0 Å². The van der Waals surface area contributed by atoms with Crippen LogP contribution < -0.4 is 10.2 Å². The van der Waals surface area contributed by atoms with Gasteiger partial charge in [-0.3, -0.25) is 0 Å². The van der Waals surface area contributed by atoms with Gasteiger partial charge in [-0.1, -0.05) is 32.4 Å². The predicted octanol–water partition coefficient (Wildman–Crippen LogP) is 3.59. The number of anilines is 1. The Hall–Kier alpha value is -1.02. The first kappa shape index (κ1) is 13.4. The summed E-state index contributed by atoms with van der Waals surface area (Å²) in [6.07, 6.45) is 2.69. The highest BCUT2D eigenvalue weighted by Crippen LogP contribution is 2.29. The molecule has 0 bridgehead atoms. The van der Waals surface area contributed by atoms with Crippen LogP contribution in [0.1, 0.15) is 45.2 Å². The molecule has 0 aliphatic carbocycles. The van der Waals surface area contributed by atoms with Gasteiger partial charge in [-0.2, -0.15) is 0 Å². The van der Waals surface area contributed by atoms with Crippen LogP contribution in [0.4, 0.5) is 5.69 Å². The van der Waals surface area contributed by atoms with Gasteiger partial charge in [-0.25, -0.2) is 0 Å². The molecular formula is C16H26N2. The lowest BCUT2D eigenvalue weighted by molar-refractivity contribution is 0.380. The van der Waals surface area contributed by atoms with Gasteiger partial charge >= 0.3 is 0 Å². The molecule has 0 radical (unpaired) electrons. The first-order valence-corrected chi connectivity index (χ1v) is 7.32. The second kappa shape index (κ2) is 6.24. The highest BCUT2D eigenvalue weighted by Gasteiger charge is 2.25. The first-order valence-electron chi connectivity index (χ1n) is 7.32. The summed E-state index contributed by atoms with van der Waals surface area (Å²) in [4.78, 5) is 2.50. The van der Waals surface area contributed by atoms with Gasteiger partial charge in [0.2, 0.25) is 0 Å². The van der Waals surface area contributed by atoms with Crippen LogP contribution in [-0.4, -0.2) is 19.6 Å². The average molecular weight is 246 g/mol. The van der Waals surface area contributed by atoms with Gasteiger partial charge in [-0.15, -0.1) is 0 Å². The van der Waals surface area contributed by atoms with E-state index in [9.17, 15) is 0 Å². The zero-order valence-electron chi connectivity index (χ0n) is 11.9. The summed E-state index contributed by atoms with van der Waals surface area (Å²) in [5.41, 5.74) is 2.79. The molecule has 1 unspecified atom stereocenters. The summed E-state index contributed by atoms with van der Waals surface area (Å²) in [7, 11) is 0. The van der Waals surface area contributed by atoms with E-state index >= 15 is 0 Å². The van der Waals surface area contributed by atoms with E-state index in [0.29, 0.717) is 6.04 Å². The Kier molecular flexibility index (Phi) is 4.65. The number of nitrogens with zero attached hydrogens (tertiary/aromatic N) is 1. The number of hydrogen-bond acceptors (Lipinski definition) is 2. The number of benzene rings is 1. The third-order valence-corrected chi connectivity index (χ3v) is 3.90. The van der Waals surface area contributed by atoms with Crippen LogP contribution >= 0.6 is 0 Å². The molecule has 1 fully saturated rings. The lowest BCUT2D eigenvalue weighted by Gasteiger charge is -2.41. The lowest BCUT2D eigenvalue weighted by Crippen LogP contribution is -2.46. The van der Waals surface area contributed by atoms with Crippen molar-refractivity contribution in [1.29, 1.82) is 0 Å². The minimum Gasteiger partial charge on any atom is -0.371 e. The summed E-state index contributed by atoms with van der Waals surface area (Å²) in [5, 5.41) is 3.47. The van der Waals surface area contributed by atoms with Crippen LogP contribution in [0, 0.1) is 5.92 Å². The van der Waals surface area contributed by atoms with Crippen molar-refractivity contribution in [2.24, 2.45) is 5.92 Å². The minimum atomic E-state index is 0.447. The zero-order valence-corrected chi connectivity index (χ0v) is 11.9. The molecule has 1 aliphatic heterocycles. The van der Waals surface area contributed by atoms with Crippen LogP contribution in [0.15, 0.2) is 24.3 Å². The second-order valence-electron chi connectivity index (χ2n) is 5.43. The standard InChI is InChI=1S/C16H26N2/c1-4-7-14-11-18(12-14)16-9-6-8-15(10-16)13(3)17-5-2/h6,8-10,13-14,17H,4-5,7,11-12H2,1-3H3. The van der Waals surface area contributed by atoms with Gasteiger partial charge in [0.1, 0.15) is 0 Å². The zero-order chi connectivity index (χ0) is 13.0. The van der Waals surface area contributed by atoms with Gasteiger partial charge in [-0.05, 0) is 43.5 Å². The van der Waals surface area contributed by atoms with Gasteiger partial charge < -0.3 is 10.2 Å². The Morgan fingerprint density at radius 3 is 2.78 bits per heavy atom. The van der Waals surface area contributed by atoms with E-state index < -0.39 is 0 Å². The maximum atomic E-state index is 3.47. The minimum absolute atomic E-state index is 0.447. The topological polar surface area (TPSA) is 15.3 Å². The molecule has 1 aromatic carbocycles. The van der Waals surface area contributed by atoms with E-state index in [2.05, 4.69) is 55.3 Å². The molecule has 0 saturated carbocycles. The number of hydrogen-bond donors (Lipinski definition) is 1. The van der Waals surface area contributed by atoms with Crippen LogP contribution in [0.2, 0.25) is 0 Å². The SMILES string of the molecule is CCCC1CN(c2cccc(C(C)NCC)c2)C1. The van der Waals surface area contributed by atoms with Crippen LogP contribution in [-0.2, 0) is 0 Å². The molecule has 1 heterocycles. The fourth-order valence-corrected chi connectivity index (χ4v) is 2.79. The van der Waals surface area contributed by atoms with Crippen molar-refractivity contribution in [1.82, 2.24) is 5.32 Å². The molecule has 1 atom stereocenters. The van der Waals surface area contributed by atoms with Crippen LogP contribution in [0.5, 0.6) is 0 Å². The Bertz CT molecular complexity index is 369. The monoisotopic (exact) mass is 246 g/mol. The molecule has 2 nitrogen and oxygen atoms in total. The van der Waals surface area contributed by atoms with E-state index in [0.717, 1.165) is 12.5 Å². The molecule has 1 saturated heterocycles. The molecule has 1 aromatic rings. The predicted molar refractivity (Wildman–Crippen MR) is 79.1 cm³/mol.